The van der Waals surface area contributed by atoms with Crippen molar-refractivity contribution in [2.45, 2.75) is 84.7 Å². The summed E-state index contributed by atoms with van der Waals surface area (Å²) in [5.74, 6) is -0.207. The molecule has 1 fully saturated rings. The molecule has 1 rings (SSSR count). The van der Waals surface area contributed by atoms with Crippen molar-refractivity contribution in [3.05, 3.63) is 12.2 Å². The van der Waals surface area contributed by atoms with Gasteiger partial charge in [0.15, 0.2) is 0 Å². The van der Waals surface area contributed by atoms with E-state index in [-0.39, 0.29) is 17.0 Å². The van der Waals surface area contributed by atoms with Gasteiger partial charge in [0.05, 0.1) is 0 Å². The maximum absolute atomic E-state index is 12.1. The Hall–Kier alpha value is -0.790. The zero-order chi connectivity index (χ0) is 14.5. The van der Waals surface area contributed by atoms with E-state index in [9.17, 15) is 4.79 Å². The summed E-state index contributed by atoms with van der Waals surface area (Å²) < 4.78 is 6.04. The van der Waals surface area contributed by atoms with Crippen LogP contribution in [0, 0.1) is 5.41 Å². The van der Waals surface area contributed by atoms with E-state index in [4.69, 9.17) is 4.74 Å². The molecule has 1 aliphatic rings. The number of carbonyl (C=O) groups is 1. The summed E-state index contributed by atoms with van der Waals surface area (Å²) in [6.45, 7) is 12.2. The lowest BCUT2D eigenvalue weighted by Crippen LogP contribution is -2.52. The molecule has 0 atom stereocenters. The summed E-state index contributed by atoms with van der Waals surface area (Å²) in [5.41, 5.74) is 0.375. The average Bonchev–Trinajstić information content (AvgIpc) is 2.42. The Labute approximate surface area is 118 Å². The van der Waals surface area contributed by atoms with Crippen LogP contribution in [0.4, 0.5) is 0 Å². The Morgan fingerprint density at radius 1 is 1.11 bits per heavy atom. The van der Waals surface area contributed by atoms with Gasteiger partial charge < -0.3 is 4.74 Å². The molecular weight excluding hydrogens is 236 g/mol. The largest absolute Gasteiger partial charge is 0.455 e. The Morgan fingerprint density at radius 2 is 1.58 bits per heavy atom. The van der Waals surface area contributed by atoms with Gasteiger partial charge in [0.2, 0.25) is 0 Å². The second-order valence-corrected chi connectivity index (χ2v) is 6.07. The smallest absolute Gasteiger partial charge is 0.333 e. The number of ether oxygens (including phenoxy) is 1. The van der Waals surface area contributed by atoms with Crippen LogP contribution >= 0.6 is 0 Å². The Balaban J connectivity index is 3.10. The quantitative estimate of drug-likeness (QED) is 0.498. The van der Waals surface area contributed by atoms with Crippen molar-refractivity contribution in [1.29, 1.82) is 0 Å². The van der Waals surface area contributed by atoms with Gasteiger partial charge in [-0.3, -0.25) is 0 Å². The molecular formula is C17H30O2. The molecule has 110 valence electrons. The highest BCUT2D eigenvalue weighted by molar-refractivity contribution is 5.87. The van der Waals surface area contributed by atoms with Crippen LogP contribution in [0.3, 0.4) is 0 Å². The minimum absolute atomic E-state index is 0.124. The topological polar surface area (TPSA) is 26.3 Å². The van der Waals surface area contributed by atoms with E-state index >= 15 is 0 Å². The molecule has 0 spiro atoms. The SMILES string of the molecule is C=C(C)C(=O)OC1(C(CC)(CC)CC)CCCCC1. The summed E-state index contributed by atoms with van der Waals surface area (Å²) in [6.07, 6.45) is 8.86. The lowest BCUT2D eigenvalue weighted by Gasteiger charge is -2.51. The predicted molar refractivity (Wildman–Crippen MR) is 80.0 cm³/mol. The van der Waals surface area contributed by atoms with Gasteiger partial charge in [-0.05, 0) is 51.9 Å². The molecule has 19 heavy (non-hydrogen) atoms. The summed E-state index contributed by atoms with van der Waals surface area (Å²) in [5, 5.41) is 0. The summed E-state index contributed by atoms with van der Waals surface area (Å²) in [6, 6.07) is 0. The Kier molecular flexibility index (Phi) is 5.64. The van der Waals surface area contributed by atoms with Crippen molar-refractivity contribution in [1.82, 2.24) is 0 Å². The molecule has 0 amide bonds. The van der Waals surface area contributed by atoms with Gasteiger partial charge in [0, 0.05) is 11.0 Å². The fourth-order valence-corrected chi connectivity index (χ4v) is 3.84. The number of esters is 1. The minimum atomic E-state index is -0.264. The first-order valence-corrected chi connectivity index (χ1v) is 7.86. The molecule has 0 radical (unpaired) electrons. The summed E-state index contributed by atoms with van der Waals surface area (Å²) in [4.78, 5) is 12.1. The van der Waals surface area contributed by atoms with Gasteiger partial charge in [-0.25, -0.2) is 4.79 Å². The monoisotopic (exact) mass is 266 g/mol. The molecule has 0 aliphatic heterocycles. The van der Waals surface area contributed by atoms with E-state index in [1.807, 2.05) is 0 Å². The highest BCUT2D eigenvalue weighted by Gasteiger charge is 2.51. The summed E-state index contributed by atoms with van der Waals surface area (Å²) in [7, 11) is 0. The predicted octanol–water partition coefficient (Wildman–Crippen LogP) is 5.03. The first-order valence-electron chi connectivity index (χ1n) is 7.86. The first kappa shape index (κ1) is 16.3. The lowest BCUT2D eigenvalue weighted by atomic mass is 9.60. The molecule has 0 aromatic carbocycles. The van der Waals surface area contributed by atoms with Crippen molar-refractivity contribution < 1.29 is 9.53 Å². The third-order valence-electron chi connectivity index (χ3n) is 5.29. The van der Waals surface area contributed by atoms with E-state index in [1.165, 1.54) is 19.3 Å². The number of carbonyl (C=O) groups excluding carboxylic acids is 1. The molecule has 1 saturated carbocycles. The van der Waals surface area contributed by atoms with Gasteiger partial charge in [-0.2, -0.15) is 0 Å². The van der Waals surface area contributed by atoms with Crippen LogP contribution in [0.25, 0.3) is 0 Å². The molecule has 1 aliphatic carbocycles. The second-order valence-electron chi connectivity index (χ2n) is 6.07. The third kappa shape index (κ3) is 3.04. The molecule has 0 aromatic rings. The van der Waals surface area contributed by atoms with Gasteiger partial charge in [-0.15, -0.1) is 0 Å². The van der Waals surface area contributed by atoms with Crippen LogP contribution < -0.4 is 0 Å². The van der Waals surface area contributed by atoms with E-state index in [1.54, 1.807) is 6.92 Å². The third-order valence-corrected chi connectivity index (χ3v) is 5.29. The van der Waals surface area contributed by atoms with Crippen LogP contribution in [0.5, 0.6) is 0 Å². The van der Waals surface area contributed by atoms with Gasteiger partial charge in [-0.1, -0.05) is 33.8 Å². The number of hydrogen-bond acceptors (Lipinski definition) is 2. The zero-order valence-electron chi connectivity index (χ0n) is 13.2. The highest BCUT2D eigenvalue weighted by atomic mass is 16.6. The fraction of sp³-hybridized carbons (Fsp3) is 0.824. The average molecular weight is 266 g/mol. The van der Waals surface area contributed by atoms with E-state index in [0.29, 0.717) is 5.57 Å². The van der Waals surface area contributed by atoms with Crippen LogP contribution in [-0.2, 0) is 9.53 Å². The van der Waals surface area contributed by atoms with Crippen LogP contribution in [-0.4, -0.2) is 11.6 Å². The van der Waals surface area contributed by atoms with Crippen molar-refractivity contribution in [3.8, 4) is 0 Å². The van der Waals surface area contributed by atoms with Crippen molar-refractivity contribution in [2.75, 3.05) is 0 Å². The Morgan fingerprint density at radius 3 is 1.95 bits per heavy atom. The van der Waals surface area contributed by atoms with Crippen LogP contribution in [0.2, 0.25) is 0 Å². The highest BCUT2D eigenvalue weighted by Crippen LogP contribution is 2.51. The second kappa shape index (κ2) is 6.58. The van der Waals surface area contributed by atoms with Crippen LogP contribution in [0.1, 0.15) is 79.1 Å². The molecule has 0 N–H and O–H groups in total. The molecule has 0 aromatic heterocycles. The molecule has 0 saturated heterocycles. The number of hydrogen-bond donors (Lipinski definition) is 0. The van der Waals surface area contributed by atoms with Gasteiger partial charge in [0.1, 0.15) is 5.60 Å². The van der Waals surface area contributed by atoms with Crippen molar-refractivity contribution in [2.24, 2.45) is 5.41 Å². The normalized spacial score (nSPS) is 18.9. The lowest BCUT2D eigenvalue weighted by molar-refractivity contribution is -0.183. The molecule has 0 unspecified atom stereocenters. The van der Waals surface area contributed by atoms with Gasteiger partial charge in [0.25, 0.3) is 0 Å². The standard InChI is InChI=1S/C17H30O2/c1-6-16(7-2,8-3)17(12-10-9-11-13-17)19-15(18)14(4)5/h4,6-13H2,1-3,5H3. The minimum Gasteiger partial charge on any atom is -0.455 e. The fourth-order valence-electron chi connectivity index (χ4n) is 3.84. The molecule has 2 heteroatoms. The maximum Gasteiger partial charge on any atom is 0.333 e. The van der Waals surface area contributed by atoms with Crippen molar-refractivity contribution in [3.63, 3.8) is 0 Å². The van der Waals surface area contributed by atoms with E-state index < -0.39 is 0 Å². The summed E-state index contributed by atoms with van der Waals surface area (Å²) >= 11 is 0. The van der Waals surface area contributed by atoms with Crippen LogP contribution in [0.15, 0.2) is 12.2 Å². The van der Waals surface area contributed by atoms with E-state index in [0.717, 1.165) is 32.1 Å². The first-order chi connectivity index (χ1) is 8.97. The van der Waals surface area contributed by atoms with E-state index in [2.05, 4.69) is 27.4 Å². The van der Waals surface area contributed by atoms with Gasteiger partial charge >= 0.3 is 5.97 Å². The molecule has 2 nitrogen and oxygen atoms in total. The zero-order valence-corrected chi connectivity index (χ0v) is 13.2. The van der Waals surface area contributed by atoms with Crippen molar-refractivity contribution >= 4 is 5.97 Å². The molecule has 0 heterocycles. The Bertz CT molecular complexity index is 312. The number of rotatable bonds is 6. The maximum atomic E-state index is 12.1. The molecule has 0 bridgehead atoms.